The molecule has 3 heterocycles. The van der Waals surface area contributed by atoms with E-state index in [9.17, 15) is 0 Å². The molecule has 26 heavy (non-hydrogen) atoms. The fourth-order valence-electron chi connectivity index (χ4n) is 4.05. The summed E-state index contributed by atoms with van der Waals surface area (Å²) in [7, 11) is 2.20. The van der Waals surface area contributed by atoms with E-state index in [4.69, 9.17) is 4.74 Å². The normalized spacial score (nSPS) is 22.8. The largest absolute Gasteiger partial charge is 0.492 e. The Balaban J connectivity index is 1.53. The van der Waals surface area contributed by atoms with E-state index in [0.29, 0.717) is 18.0 Å². The number of anilines is 1. The molecule has 1 N–H and O–H groups in total. The van der Waals surface area contributed by atoms with Crippen LogP contribution in [0.15, 0.2) is 24.5 Å². The first-order valence-corrected chi connectivity index (χ1v) is 9.97. The molecule has 5 nitrogen and oxygen atoms in total. The van der Waals surface area contributed by atoms with Gasteiger partial charge in [-0.1, -0.05) is 0 Å². The lowest BCUT2D eigenvalue weighted by atomic mass is 9.92. The molecule has 1 saturated heterocycles. The molecule has 138 valence electrons. The molecule has 0 radical (unpaired) electrons. The zero-order valence-corrected chi connectivity index (χ0v) is 15.7. The highest BCUT2D eigenvalue weighted by atomic mass is 16.5. The molecular weight excluding hydrogens is 324 g/mol. The first-order chi connectivity index (χ1) is 12.7. The molecule has 0 bridgehead atoms. The van der Waals surface area contributed by atoms with Crippen LogP contribution < -0.4 is 15.0 Å². The van der Waals surface area contributed by atoms with Crippen molar-refractivity contribution in [1.82, 2.24) is 15.1 Å². The third kappa shape index (κ3) is 2.78. The van der Waals surface area contributed by atoms with E-state index in [-0.39, 0.29) is 0 Å². The fraction of sp³-hybridized carbons (Fsp3) is 0.571. The molecule has 1 atom stereocenters. The van der Waals surface area contributed by atoms with Crippen molar-refractivity contribution in [2.24, 2.45) is 5.92 Å². The molecule has 1 saturated carbocycles. The quantitative estimate of drug-likeness (QED) is 0.897. The molecule has 1 aliphatic carbocycles. The van der Waals surface area contributed by atoms with Crippen LogP contribution in [0.1, 0.15) is 37.8 Å². The predicted octanol–water partition coefficient (Wildman–Crippen LogP) is 3.25. The van der Waals surface area contributed by atoms with Gasteiger partial charge in [0.2, 0.25) is 0 Å². The van der Waals surface area contributed by atoms with Crippen molar-refractivity contribution >= 4 is 5.69 Å². The summed E-state index contributed by atoms with van der Waals surface area (Å²) in [5, 5.41) is 7.94. The second-order valence-electron chi connectivity index (χ2n) is 8.21. The Morgan fingerprint density at radius 3 is 2.81 bits per heavy atom. The Hall–Kier alpha value is -2.01. The number of aromatic nitrogens is 2. The lowest BCUT2D eigenvalue weighted by Crippen LogP contribution is -2.45. The zero-order valence-electron chi connectivity index (χ0n) is 15.7. The summed E-state index contributed by atoms with van der Waals surface area (Å²) >= 11 is 0. The van der Waals surface area contributed by atoms with E-state index in [0.717, 1.165) is 31.9 Å². The van der Waals surface area contributed by atoms with Crippen molar-refractivity contribution in [3.8, 4) is 16.9 Å². The summed E-state index contributed by atoms with van der Waals surface area (Å²) in [4.78, 5) is 2.40. The van der Waals surface area contributed by atoms with Crippen LogP contribution in [0, 0.1) is 5.92 Å². The Kier molecular flexibility index (Phi) is 3.92. The van der Waals surface area contributed by atoms with E-state index in [1.165, 1.54) is 41.6 Å². The first kappa shape index (κ1) is 16.2. The summed E-state index contributed by atoms with van der Waals surface area (Å²) in [5.74, 6) is 1.72. The zero-order chi connectivity index (χ0) is 17.7. The van der Waals surface area contributed by atoms with E-state index >= 15 is 0 Å². The average molecular weight is 352 g/mol. The Bertz CT molecular complexity index is 806. The Morgan fingerprint density at radius 1 is 1.23 bits per heavy atom. The van der Waals surface area contributed by atoms with Gasteiger partial charge < -0.3 is 15.0 Å². The van der Waals surface area contributed by atoms with Gasteiger partial charge >= 0.3 is 0 Å². The van der Waals surface area contributed by atoms with Crippen molar-refractivity contribution in [2.45, 2.75) is 44.7 Å². The Labute approximate surface area is 155 Å². The fourth-order valence-corrected chi connectivity index (χ4v) is 4.05. The van der Waals surface area contributed by atoms with Crippen LogP contribution in [0.25, 0.3) is 11.1 Å². The summed E-state index contributed by atoms with van der Waals surface area (Å²) < 4.78 is 8.59. The maximum absolute atomic E-state index is 6.46. The molecule has 1 aromatic carbocycles. The minimum Gasteiger partial charge on any atom is -0.492 e. The maximum atomic E-state index is 6.46. The number of rotatable bonds is 5. The predicted molar refractivity (Wildman–Crippen MR) is 104 cm³/mol. The van der Waals surface area contributed by atoms with Crippen LogP contribution in [-0.4, -0.2) is 42.6 Å². The number of benzene rings is 1. The molecule has 0 spiro atoms. The summed E-state index contributed by atoms with van der Waals surface area (Å²) in [6.45, 7) is 5.24. The lowest BCUT2D eigenvalue weighted by molar-refractivity contribution is 0.198. The summed E-state index contributed by atoms with van der Waals surface area (Å²) in [5.41, 5.74) is 5.08. The topological polar surface area (TPSA) is 42.3 Å². The van der Waals surface area contributed by atoms with E-state index in [1.807, 2.05) is 6.20 Å². The number of ether oxygens (including phenoxy) is 1. The highest BCUT2D eigenvalue weighted by Crippen LogP contribution is 2.43. The first-order valence-electron chi connectivity index (χ1n) is 9.97. The molecule has 2 aliphatic heterocycles. The van der Waals surface area contributed by atoms with Gasteiger partial charge in [-0.05, 0) is 44.7 Å². The van der Waals surface area contributed by atoms with Gasteiger partial charge in [-0.15, -0.1) is 0 Å². The van der Waals surface area contributed by atoms with Gasteiger partial charge in [0.25, 0.3) is 0 Å². The van der Waals surface area contributed by atoms with Gasteiger partial charge in [0.05, 0.1) is 18.8 Å². The highest BCUT2D eigenvalue weighted by Gasteiger charge is 2.28. The SMILES string of the molecule is CC1CCc2c(ccc(-c3cnn(C4CC4)c3)c2OCC2CNC2)N1C. The van der Waals surface area contributed by atoms with Crippen LogP contribution in [-0.2, 0) is 6.42 Å². The van der Waals surface area contributed by atoms with Gasteiger partial charge in [0.1, 0.15) is 5.75 Å². The maximum Gasteiger partial charge on any atom is 0.132 e. The van der Waals surface area contributed by atoms with Crippen LogP contribution in [0.5, 0.6) is 5.75 Å². The molecule has 1 aromatic heterocycles. The second kappa shape index (κ2) is 6.31. The van der Waals surface area contributed by atoms with E-state index in [1.54, 1.807) is 0 Å². The van der Waals surface area contributed by atoms with Crippen LogP contribution in [0.2, 0.25) is 0 Å². The highest BCUT2D eigenvalue weighted by molar-refractivity contribution is 5.77. The molecule has 5 rings (SSSR count). The molecule has 3 aliphatic rings. The summed E-state index contributed by atoms with van der Waals surface area (Å²) in [6, 6.07) is 5.69. The minimum atomic E-state index is 0.578. The number of nitrogens with one attached hydrogen (secondary N) is 1. The van der Waals surface area contributed by atoms with E-state index in [2.05, 4.69) is 52.3 Å². The molecule has 5 heteroatoms. The third-order valence-corrected chi connectivity index (χ3v) is 6.25. The molecule has 2 fully saturated rings. The van der Waals surface area contributed by atoms with Gasteiger partial charge in [-0.2, -0.15) is 5.10 Å². The number of nitrogens with zero attached hydrogens (tertiary/aromatic N) is 3. The minimum absolute atomic E-state index is 0.578. The second-order valence-corrected chi connectivity index (χ2v) is 8.21. The van der Waals surface area contributed by atoms with Gasteiger partial charge in [-0.25, -0.2) is 0 Å². The monoisotopic (exact) mass is 352 g/mol. The van der Waals surface area contributed by atoms with Crippen molar-refractivity contribution in [2.75, 3.05) is 31.6 Å². The van der Waals surface area contributed by atoms with Gasteiger partial charge in [0, 0.05) is 60.7 Å². The molecular formula is C21H28N4O. The van der Waals surface area contributed by atoms with Crippen molar-refractivity contribution in [3.05, 3.63) is 30.1 Å². The standard InChI is InChI=1S/C21H28N4O/c1-14-3-6-19-20(24(14)2)8-7-18(21(19)26-13-15-9-22-10-15)16-11-23-25(12-16)17-4-5-17/h7-8,11-12,14-15,17,22H,3-6,9-10,13H2,1-2H3. The smallest absolute Gasteiger partial charge is 0.132 e. The molecule has 0 amide bonds. The Morgan fingerprint density at radius 2 is 2.08 bits per heavy atom. The van der Waals surface area contributed by atoms with Gasteiger partial charge in [0.15, 0.2) is 0 Å². The van der Waals surface area contributed by atoms with Crippen LogP contribution in [0.4, 0.5) is 5.69 Å². The van der Waals surface area contributed by atoms with Crippen molar-refractivity contribution in [3.63, 3.8) is 0 Å². The molecule has 2 aromatic rings. The summed E-state index contributed by atoms with van der Waals surface area (Å²) in [6.07, 6.45) is 8.98. The van der Waals surface area contributed by atoms with Gasteiger partial charge in [-0.3, -0.25) is 4.68 Å². The molecule has 1 unspecified atom stereocenters. The van der Waals surface area contributed by atoms with Crippen molar-refractivity contribution < 1.29 is 4.74 Å². The number of fused-ring (bicyclic) bond motifs is 1. The third-order valence-electron chi connectivity index (χ3n) is 6.25. The number of hydrogen-bond donors (Lipinski definition) is 1. The van der Waals surface area contributed by atoms with Crippen molar-refractivity contribution in [1.29, 1.82) is 0 Å². The lowest BCUT2D eigenvalue weighted by Gasteiger charge is -2.36. The van der Waals surface area contributed by atoms with Crippen LogP contribution in [0.3, 0.4) is 0 Å². The van der Waals surface area contributed by atoms with E-state index < -0.39 is 0 Å². The van der Waals surface area contributed by atoms with Crippen LogP contribution >= 0.6 is 0 Å². The number of hydrogen-bond acceptors (Lipinski definition) is 4. The average Bonchev–Trinajstić information content (AvgIpc) is 3.34.